The second-order valence-electron chi connectivity index (χ2n) is 6.42. The molecule has 2 aliphatic heterocycles. The largest absolute Gasteiger partial charge is 0.327 e. The van der Waals surface area contributed by atoms with Crippen LogP contribution in [0.2, 0.25) is 0 Å². The van der Waals surface area contributed by atoms with Crippen LogP contribution in [0.25, 0.3) is 0 Å². The average Bonchev–Trinajstić information content (AvgIpc) is 3.34. The second kappa shape index (κ2) is 6.27. The Morgan fingerprint density at radius 1 is 1.12 bits per heavy atom. The number of amides is 1. The minimum Gasteiger partial charge on any atom is -0.327 e. The minimum atomic E-state index is -3.54. The molecule has 8 heteroatoms. The number of carbonyl (C=O) groups excluding carboxylic acids is 1. The highest BCUT2D eigenvalue weighted by Gasteiger charge is 2.30. The van der Waals surface area contributed by atoms with Gasteiger partial charge in [0.2, 0.25) is 5.91 Å². The molecule has 1 amide bonds. The van der Waals surface area contributed by atoms with Crippen LogP contribution in [-0.4, -0.2) is 47.8 Å². The van der Waals surface area contributed by atoms with Crippen LogP contribution in [0.1, 0.15) is 18.4 Å². The van der Waals surface area contributed by atoms with Crippen molar-refractivity contribution >= 4 is 21.6 Å². The van der Waals surface area contributed by atoms with Crippen LogP contribution >= 0.6 is 0 Å². The van der Waals surface area contributed by atoms with E-state index in [1.54, 1.807) is 9.47 Å². The van der Waals surface area contributed by atoms with Gasteiger partial charge >= 0.3 is 0 Å². The van der Waals surface area contributed by atoms with Crippen LogP contribution < -0.4 is 4.90 Å². The number of rotatable bonds is 4. The quantitative estimate of drug-likeness (QED) is 0.823. The van der Waals surface area contributed by atoms with Crippen LogP contribution in [0.15, 0.2) is 41.8 Å². The average molecular weight is 360 g/mol. The van der Waals surface area contributed by atoms with Gasteiger partial charge < -0.3 is 9.47 Å². The molecule has 0 spiro atoms. The van der Waals surface area contributed by atoms with E-state index in [4.69, 9.17) is 0 Å². The topological polar surface area (TPSA) is 75.5 Å². The highest BCUT2D eigenvalue weighted by molar-refractivity contribution is 7.89. The molecule has 0 unspecified atom stereocenters. The van der Waals surface area contributed by atoms with Gasteiger partial charge in [0.05, 0.1) is 6.33 Å². The molecule has 1 aromatic carbocycles. The molecule has 0 atom stereocenters. The number of imidazole rings is 1. The molecule has 3 heterocycles. The Bertz CT molecular complexity index is 900. The molecule has 0 radical (unpaired) electrons. The zero-order valence-corrected chi connectivity index (χ0v) is 14.7. The van der Waals surface area contributed by atoms with E-state index < -0.39 is 10.0 Å². The van der Waals surface area contributed by atoms with Gasteiger partial charge in [-0.1, -0.05) is 18.2 Å². The standard InChI is InChI=1S/C17H20N4O3S/c22-17(21-10-7-14-5-1-2-6-15(14)21)12-19-11-16(18-13-19)25(23,24)20-8-3-4-9-20/h1-2,5-6,11,13H,3-4,7-10,12H2. The summed E-state index contributed by atoms with van der Waals surface area (Å²) < 4.78 is 28.0. The van der Waals surface area contributed by atoms with E-state index in [1.165, 1.54) is 22.4 Å². The molecule has 0 saturated carbocycles. The Morgan fingerprint density at radius 2 is 1.88 bits per heavy atom. The zero-order valence-electron chi connectivity index (χ0n) is 13.8. The maximum absolute atomic E-state index is 12.6. The molecule has 0 bridgehead atoms. The number of carbonyl (C=O) groups is 1. The number of fused-ring (bicyclic) bond motifs is 1. The van der Waals surface area contributed by atoms with Crippen molar-refractivity contribution in [2.75, 3.05) is 24.5 Å². The van der Waals surface area contributed by atoms with Gasteiger partial charge in [0.15, 0.2) is 5.03 Å². The molecule has 2 aliphatic rings. The smallest absolute Gasteiger partial charge is 0.262 e. The van der Waals surface area contributed by atoms with Crippen molar-refractivity contribution < 1.29 is 13.2 Å². The molecule has 7 nitrogen and oxygen atoms in total. The number of sulfonamides is 1. The third kappa shape index (κ3) is 2.96. The van der Waals surface area contributed by atoms with Gasteiger partial charge in [-0.05, 0) is 30.9 Å². The summed E-state index contributed by atoms with van der Waals surface area (Å²) in [5.74, 6) is -0.0625. The van der Waals surface area contributed by atoms with Gasteiger partial charge in [-0.3, -0.25) is 4.79 Å². The van der Waals surface area contributed by atoms with Crippen LogP contribution in [0, 0.1) is 0 Å². The fourth-order valence-corrected chi connectivity index (χ4v) is 4.91. The van der Waals surface area contributed by atoms with Crippen molar-refractivity contribution in [2.24, 2.45) is 0 Å². The predicted octanol–water partition coefficient (Wildman–Crippen LogP) is 1.26. The van der Waals surface area contributed by atoms with Crippen LogP contribution in [0.4, 0.5) is 5.69 Å². The normalized spacial score (nSPS) is 17.8. The number of hydrogen-bond donors (Lipinski definition) is 0. The van der Waals surface area contributed by atoms with Gasteiger partial charge in [0, 0.05) is 31.5 Å². The summed E-state index contributed by atoms with van der Waals surface area (Å²) in [5.41, 5.74) is 2.11. The number of anilines is 1. The Kier molecular flexibility index (Phi) is 4.09. The maximum atomic E-state index is 12.6. The lowest BCUT2D eigenvalue weighted by atomic mass is 10.2. The monoisotopic (exact) mass is 360 g/mol. The van der Waals surface area contributed by atoms with Gasteiger partial charge in [-0.15, -0.1) is 0 Å². The first-order valence-electron chi connectivity index (χ1n) is 8.46. The predicted molar refractivity (Wildman–Crippen MR) is 92.7 cm³/mol. The summed E-state index contributed by atoms with van der Waals surface area (Å²) in [6, 6.07) is 7.86. The van der Waals surface area contributed by atoms with E-state index in [1.807, 2.05) is 24.3 Å². The first-order chi connectivity index (χ1) is 12.1. The number of para-hydroxylation sites is 1. The van der Waals surface area contributed by atoms with E-state index in [0.717, 1.165) is 24.9 Å². The lowest BCUT2D eigenvalue weighted by Crippen LogP contribution is -2.32. The number of aromatic nitrogens is 2. The number of hydrogen-bond acceptors (Lipinski definition) is 4. The summed E-state index contributed by atoms with van der Waals surface area (Å²) in [5, 5.41) is 0.0176. The fraction of sp³-hybridized carbons (Fsp3) is 0.412. The molecular formula is C17H20N4O3S. The van der Waals surface area contributed by atoms with Crippen LogP contribution in [0.3, 0.4) is 0 Å². The summed E-state index contributed by atoms with van der Waals surface area (Å²) >= 11 is 0. The highest BCUT2D eigenvalue weighted by atomic mass is 32.2. The van der Waals surface area contributed by atoms with Crippen molar-refractivity contribution in [3.63, 3.8) is 0 Å². The molecule has 2 aromatic rings. The third-order valence-electron chi connectivity index (χ3n) is 4.78. The second-order valence-corrected chi connectivity index (χ2v) is 8.30. The van der Waals surface area contributed by atoms with Crippen molar-refractivity contribution in [2.45, 2.75) is 30.8 Å². The first kappa shape index (κ1) is 16.3. The molecule has 4 rings (SSSR count). The third-order valence-corrected chi connectivity index (χ3v) is 6.57. The van der Waals surface area contributed by atoms with Gasteiger partial charge in [0.25, 0.3) is 10.0 Å². The summed E-state index contributed by atoms with van der Waals surface area (Å²) in [7, 11) is -3.54. The zero-order chi connectivity index (χ0) is 17.4. The van der Waals surface area contributed by atoms with E-state index >= 15 is 0 Å². The Hall–Kier alpha value is -2.19. The van der Waals surface area contributed by atoms with Crippen molar-refractivity contribution in [3.05, 3.63) is 42.4 Å². The van der Waals surface area contributed by atoms with Crippen molar-refractivity contribution in [1.29, 1.82) is 0 Å². The molecular weight excluding hydrogens is 340 g/mol. The molecule has 132 valence electrons. The Balaban J connectivity index is 1.49. The van der Waals surface area contributed by atoms with E-state index in [-0.39, 0.29) is 17.5 Å². The first-order valence-corrected chi connectivity index (χ1v) is 9.90. The van der Waals surface area contributed by atoms with Crippen molar-refractivity contribution in [3.8, 4) is 0 Å². The molecule has 25 heavy (non-hydrogen) atoms. The van der Waals surface area contributed by atoms with Gasteiger partial charge in [-0.2, -0.15) is 4.31 Å². The Labute approximate surface area is 146 Å². The summed E-state index contributed by atoms with van der Waals surface area (Å²) in [6.07, 6.45) is 5.48. The molecule has 1 aromatic heterocycles. The molecule has 1 fully saturated rings. The fourth-order valence-electron chi connectivity index (χ4n) is 3.46. The van der Waals surface area contributed by atoms with E-state index in [0.29, 0.717) is 19.6 Å². The minimum absolute atomic E-state index is 0.0176. The number of nitrogens with zero attached hydrogens (tertiary/aromatic N) is 4. The van der Waals surface area contributed by atoms with Crippen LogP contribution in [-0.2, 0) is 27.8 Å². The summed E-state index contributed by atoms with van der Waals surface area (Å²) in [6.45, 7) is 1.82. The van der Waals surface area contributed by atoms with E-state index in [2.05, 4.69) is 4.98 Å². The van der Waals surface area contributed by atoms with E-state index in [9.17, 15) is 13.2 Å². The van der Waals surface area contributed by atoms with Gasteiger partial charge in [0.1, 0.15) is 6.54 Å². The molecule has 0 N–H and O–H groups in total. The number of benzene rings is 1. The highest BCUT2D eigenvalue weighted by Crippen LogP contribution is 2.27. The molecule has 0 aliphatic carbocycles. The maximum Gasteiger partial charge on any atom is 0.262 e. The van der Waals surface area contributed by atoms with Crippen molar-refractivity contribution in [1.82, 2.24) is 13.9 Å². The van der Waals surface area contributed by atoms with Crippen LogP contribution in [0.5, 0.6) is 0 Å². The van der Waals surface area contributed by atoms with Gasteiger partial charge in [-0.25, -0.2) is 13.4 Å². The molecule has 1 saturated heterocycles. The summed E-state index contributed by atoms with van der Waals surface area (Å²) in [4.78, 5) is 18.4. The SMILES string of the molecule is O=C(Cn1cnc(S(=O)(=O)N2CCCC2)c1)N1CCc2ccccc21. The lowest BCUT2D eigenvalue weighted by molar-refractivity contribution is -0.119. The Morgan fingerprint density at radius 3 is 2.68 bits per heavy atom. The lowest BCUT2D eigenvalue weighted by Gasteiger charge is -2.17.